The van der Waals surface area contributed by atoms with Crippen LogP contribution in [0, 0.1) is 0 Å². The maximum Gasteiger partial charge on any atom is 0.416 e. The zero-order valence-corrected chi connectivity index (χ0v) is 12.5. The highest BCUT2D eigenvalue weighted by molar-refractivity contribution is 7.84. The van der Waals surface area contributed by atoms with Crippen molar-refractivity contribution in [2.24, 2.45) is 0 Å². The van der Waals surface area contributed by atoms with Crippen LogP contribution in [-0.2, 0) is 17.0 Å². The van der Waals surface area contributed by atoms with Gasteiger partial charge < -0.3 is 10.3 Å². The zero-order chi connectivity index (χ0) is 15.8. The van der Waals surface area contributed by atoms with Crippen molar-refractivity contribution in [1.82, 2.24) is 9.55 Å². The minimum atomic E-state index is -4.41. The molecule has 8 heteroatoms. The van der Waals surface area contributed by atoms with Crippen LogP contribution in [-0.4, -0.2) is 25.8 Å². The molecule has 0 aliphatic rings. The Morgan fingerprint density at radius 1 is 1.43 bits per heavy atom. The number of halogens is 3. The molecule has 0 amide bonds. The summed E-state index contributed by atoms with van der Waals surface area (Å²) in [6, 6.07) is 3.30. The minimum absolute atomic E-state index is 0.0874. The molecule has 21 heavy (non-hydrogen) atoms. The van der Waals surface area contributed by atoms with E-state index in [0.717, 1.165) is 12.1 Å². The van der Waals surface area contributed by atoms with Gasteiger partial charge in [-0.2, -0.15) is 13.2 Å². The van der Waals surface area contributed by atoms with Gasteiger partial charge in [0.2, 0.25) is 5.95 Å². The molecule has 0 spiro atoms. The molecule has 1 aromatic carbocycles. The highest BCUT2D eigenvalue weighted by Crippen LogP contribution is 2.33. The van der Waals surface area contributed by atoms with E-state index in [1.54, 1.807) is 10.8 Å². The van der Waals surface area contributed by atoms with Gasteiger partial charge in [0.05, 0.1) is 16.6 Å². The molecule has 0 bridgehead atoms. The molecule has 2 N–H and O–H groups in total. The van der Waals surface area contributed by atoms with Crippen LogP contribution in [0.5, 0.6) is 0 Å². The SMILES string of the molecule is CC(CCS(C)=O)n1c(N)nc2cc(C(F)(F)F)ccc21. The number of anilines is 1. The standard InChI is InChI=1S/C13H16F3N3OS/c1-8(5-6-21(2)20)19-11-4-3-9(13(14,15)16)7-10(11)18-12(19)17/h3-4,7-8H,5-6H2,1-2H3,(H2,17,18). The number of nitrogens with zero attached hydrogens (tertiary/aromatic N) is 2. The molecule has 0 radical (unpaired) electrons. The van der Waals surface area contributed by atoms with Crippen LogP contribution < -0.4 is 5.73 Å². The van der Waals surface area contributed by atoms with E-state index in [4.69, 9.17) is 5.73 Å². The number of aromatic nitrogens is 2. The van der Waals surface area contributed by atoms with E-state index in [1.807, 2.05) is 6.92 Å². The Hall–Kier alpha value is -1.57. The molecule has 2 atom stereocenters. The van der Waals surface area contributed by atoms with Crippen LogP contribution in [0.3, 0.4) is 0 Å². The second kappa shape index (κ2) is 5.67. The summed E-state index contributed by atoms with van der Waals surface area (Å²) in [6.07, 6.45) is -2.19. The molecule has 0 saturated carbocycles. The molecule has 2 rings (SSSR count). The largest absolute Gasteiger partial charge is 0.416 e. The van der Waals surface area contributed by atoms with E-state index in [1.165, 1.54) is 6.07 Å². The summed E-state index contributed by atoms with van der Waals surface area (Å²) in [5.74, 6) is 0.666. The van der Waals surface area contributed by atoms with Gasteiger partial charge in [0.1, 0.15) is 0 Å². The van der Waals surface area contributed by atoms with Crippen molar-refractivity contribution in [2.75, 3.05) is 17.7 Å². The Bertz CT molecular complexity index is 681. The number of hydrogen-bond acceptors (Lipinski definition) is 3. The highest BCUT2D eigenvalue weighted by Gasteiger charge is 2.31. The number of nitrogen functional groups attached to an aromatic ring is 1. The third-order valence-electron chi connectivity index (χ3n) is 3.31. The highest BCUT2D eigenvalue weighted by atomic mass is 32.2. The number of hydrogen-bond donors (Lipinski definition) is 1. The molecule has 0 fully saturated rings. The smallest absolute Gasteiger partial charge is 0.369 e. The Balaban J connectivity index is 2.41. The number of nitrogens with two attached hydrogens (primary N) is 1. The summed E-state index contributed by atoms with van der Waals surface area (Å²) >= 11 is 0. The van der Waals surface area contributed by atoms with Crippen molar-refractivity contribution in [3.05, 3.63) is 23.8 Å². The van der Waals surface area contributed by atoms with Crippen LogP contribution in [0.2, 0.25) is 0 Å². The Morgan fingerprint density at radius 2 is 2.10 bits per heavy atom. The van der Waals surface area contributed by atoms with E-state index in [2.05, 4.69) is 4.98 Å². The third kappa shape index (κ3) is 3.37. The average Bonchev–Trinajstić information content (AvgIpc) is 2.69. The molecule has 4 nitrogen and oxygen atoms in total. The van der Waals surface area contributed by atoms with Crippen molar-refractivity contribution >= 4 is 27.8 Å². The average molecular weight is 319 g/mol. The van der Waals surface area contributed by atoms with Crippen molar-refractivity contribution < 1.29 is 17.4 Å². The summed E-state index contributed by atoms with van der Waals surface area (Å²) in [5.41, 5.74) is 5.83. The lowest BCUT2D eigenvalue weighted by Crippen LogP contribution is -2.11. The lowest BCUT2D eigenvalue weighted by Gasteiger charge is -2.15. The minimum Gasteiger partial charge on any atom is -0.369 e. The first-order valence-corrected chi connectivity index (χ1v) is 8.07. The van der Waals surface area contributed by atoms with Gasteiger partial charge in [-0.1, -0.05) is 0 Å². The summed E-state index contributed by atoms with van der Waals surface area (Å²) in [7, 11) is -0.927. The van der Waals surface area contributed by atoms with E-state index < -0.39 is 22.5 Å². The van der Waals surface area contributed by atoms with Crippen molar-refractivity contribution in [3.8, 4) is 0 Å². The lowest BCUT2D eigenvalue weighted by molar-refractivity contribution is -0.137. The molecule has 2 aromatic rings. The molecular weight excluding hydrogens is 303 g/mol. The molecule has 0 aliphatic carbocycles. The summed E-state index contributed by atoms with van der Waals surface area (Å²) in [6.45, 7) is 1.88. The van der Waals surface area contributed by atoms with E-state index >= 15 is 0 Å². The second-order valence-corrected chi connectivity index (χ2v) is 6.51. The Morgan fingerprint density at radius 3 is 2.67 bits per heavy atom. The first kappa shape index (κ1) is 15.8. The quantitative estimate of drug-likeness (QED) is 0.942. The number of rotatable bonds is 4. The Kier molecular flexibility index (Phi) is 4.27. The molecule has 2 unspecified atom stereocenters. The van der Waals surface area contributed by atoms with Gasteiger partial charge >= 0.3 is 6.18 Å². The molecule has 116 valence electrons. The number of fused-ring (bicyclic) bond motifs is 1. The first-order chi connectivity index (χ1) is 9.70. The van der Waals surface area contributed by atoms with Gasteiger partial charge in [0, 0.05) is 28.9 Å². The fraction of sp³-hybridized carbons (Fsp3) is 0.462. The maximum atomic E-state index is 12.7. The number of imidazole rings is 1. The molecule has 0 aliphatic heterocycles. The van der Waals surface area contributed by atoms with Gasteiger partial charge in [-0.15, -0.1) is 0 Å². The summed E-state index contributed by atoms with van der Waals surface area (Å²) in [4.78, 5) is 4.00. The van der Waals surface area contributed by atoms with Gasteiger partial charge in [0.25, 0.3) is 0 Å². The zero-order valence-electron chi connectivity index (χ0n) is 11.6. The lowest BCUT2D eigenvalue weighted by atomic mass is 10.2. The Labute approximate surface area is 122 Å². The monoisotopic (exact) mass is 319 g/mol. The summed E-state index contributed by atoms with van der Waals surface area (Å²) in [5, 5.41) is 0. The fourth-order valence-corrected chi connectivity index (χ4v) is 2.90. The second-order valence-electron chi connectivity index (χ2n) is 4.96. The normalized spacial score (nSPS) is 15.3. The van der Waals surface area contributed by atoms with E-state index in [-0.39, 0.29) is 17.5 Å². The van der Waals surface area contributed by atoms with Crippen LogP contribution in [0.4, 0.5) is 19.1 Å². The summed E-state index contributed by atoms with van der Waals surface area (Å²) < 4.78 is 50.9. The fourth-order valence-electron chi connectivity index (χ4n) is 2.22. The van der Waals surface area contributed by atoms with Gasteiger partial charge in [-0.3, -0.25) is 4.21 Å². The van der Waals surface area contributed by atoms with Gasteiger partial charge in [0.15, 0.2) is 0 Å². The number of alkyl halides is 3. The van der Waals surface area contributed by atoms with E-state index in [0.29, 0.717) is 17.7 Å². The van der Waals surface area contributed by atoms with Crippen LogP contribution in [0.1, 0.15) is 24.9 Å². The molecule has 0 saturated heterocycles. The van der Waals surface area contributed by atoms with Crippen LogP contribution in [0.25, 0.3) is 11.0 Å². The molecule has 1 heterocycles. The molecular formula is C13H16F3N3OS. The molecule has 1 aromatic heterocycles. The van der Waals surface area contributed by atoms with Crippen LogP contribution in [0.15, 0.2) is 18.2 Å². The predicted molar refractivity (Wildman–Crippen MR) is 77.4 cm³/mol. The van der Waals surface area contributed by atoms with E-state index in [9.17, 15) is 17.4 Å². The topological polar surface area (TPSA) is 60.9 Å². The van der Waals surface area contributed by atoms with Crippen molar-refractivity contribution in [2.45, 2.75) is 25.6 Å². The first-order valence-electron chi connectivity index (χ1n) is 6.35. The van der Waals surface area contributed by atoms with Gasteiger partial charge in [-0.25, -0.2) is 4.98 Å². The maximum absolute atomic E-state index is 12.7. The van der Waals surface area contributed by atoms with Crippen molar-refractivity contribution in [1.29, 1.82) is 0 Å². The number of benzene rings is 1. The van der Waals surface area contributed by atoms with Crippen LogP contribution >= 0.6 is 0 Å². The van der Waals surface area contributed by atoms with Gasteiger partial charge in [-0.05, 0) is 31.5 Å². The predicted octanol–water partition coefficient (Wildman–Crippen LogP) is 2.97. The third-order valence-corrected chi connectivity index (χ3v) is 4.12. The van der Waals surface area contributed by atoms with Crippen molar-refractivity contribution in [3.63, 3.8) is 0 Å².